The molecule has 0 saturated carbocycles. The molecule has 7 nitrogen and oxygen atoms in total. The number of thiophene rings is 1. The number of carbonyl (C=O) groups excluding carboxylic acids is 1. The van der Waals surface area contributed by atoms with Gasteiger partial charge in [0.05, 0.1) is 22.5 Å². The molecule has 4 N–H and O–H groups in total. The molecule has 1 aliphatic rings. The third kappa shape index (κ3) is 2.88. The van der Waals surface area contributed by atoms with Gasteiger partial charge in [-0.15, -0.1) is 11.3 Å². The number of carbonyl (C=O) groups is 1. The predicted molar refractivity (Wildman–Crippen MR) is 97.0 cm³/mol. The van der Waals surface area contributed by atoms with Gasteiger partial charge in [-0.05, 0) is 11.4 Å². The zero-order valence-electron chi connectivity index (χ0n) is 13.9. The maximum Gasteiger partial charge on any atom is 0.249 e. The summed E-state index contributed by atoms with van der Waals surface area (Å²) in [7, 11) is 0. The number of fused-ring (bicyclic) bond motifs is 1. The van der Waals surface area contributed by atoms with Crippen LogP contribution in [0.5, 0.6) is 0 Å². The number of nitrogens with zero attached hydrogens (tertiary/aromatic N) is 2. The molecular weight excluding hydrogens is 373 g/mol. The van der Waals surface area contributed by atoms with Crippen molar-refractivity contribution >= 4 is 27.5 Å². The maximum absolute atomic E-state index is 14.5. The molecule has 3 aromatic rings. The van der Waals surface area contributed by atoms with Crippen molar-refractivity contribution in [2.75, 3.05) is 6.61 Å². The van der Waals surface area contributed by atoms with Gasteiger partial charge in [0.2, 0.25) is 5.91 Å². The summed E-state index contributed by atoms with van der Waals surface area (Å²) < 4.78 is 20.7. The van der Waals surface area contributed by atoms with E-state index in [0.717, 1.165) is 0 Å². The first-order valence-corrected chi connectivity index (χ1v) is 9.10. The molecule has 140 valence electrons. The van der Waals surface area contributed by atoms with Crippen LogP contribution < -0.4 is 5.73 Å². The summed E-state index contributed by atoms with van der Waals surface area (Å²) in [5, 5.41) is 20.8. The Hall–Kier alpha value is -2.46. The number of benzene rings is 1. The van der Waals surface area contributed by atoms with Crippen LogP contribution in [-0.2, 0) is 4.74 Å². The number of rotatable bonds is 4. The molecule has 0 aliphatic carbocycles. The van der Waals surface area contributed by atoms with Crippen LogP contribution in [0.1, 0.15) is 22.0 Å². The Morgan fingerprint density at radius 2 is 2.11 bits per heavy atom. The van der Waals surface area contributed by atoms with Crippen molar-refractivity contribution in [2.24, 2.45) is 5.73 Å². The lowest BCUT2D eigenvalue weighted by Crippen LogP contribution is -2.30. The minimum atomic E-state index is -1.68. The van der Waals surface area contributed by atoms with Crippen molar-refractivity contribution in [2.45, 2.75) is 24.5 Å². The van der Waals surface area contributed by atoms with E-state index in [1.54, 1.807) is 29.6 Å². The van der Waals surface area contributed by atoms with Crippen molar-refractivity contribution in [3.05, 3.63) is 47.1 Å². The smallest absolute Gasteiger partial charge is 0.249 e. The minimum absolute atomic E-state index is 0.323. The zero-order chi connectivity index (χ0) is 19.1. The highest BCUT2D eigenvalue weighted by atomic mass is 32.1. The molecule has 9 heteroatoms. The van der Waals surface area contributed by atoms with Crippen molar-refractivity contribution in [1.82, 2.24) is 9.97 Å². The molecule has 0 radical (unpaired) electrons. The number of aliphatic hydroxyl groups excluding tert-OH is 2. The number of amides is 1. The van der Waals surface area contributed by atoms with Gasteiger partial charge in [0, 0.05) is 16.7 Å². The monoisotopic (exact) mass is 389 g/mol. The Kier molecular flexibility index (Phi) is 4.60. The fourth-order valence-corrected chi connectivity index (χ4v) is 4.34. The van der Waals surface area contributed by atoms with E-state index in [1.165, 1.54) is 17.7 Å². The van der Waals surface area contributed by atoms with Crippen LogP contribution in [0.4, 0.5) is 4.39 Å². The number of halogens is 1. The van der Waals surface area contributed by atoms with Crippen LogP contribution in [0, 0.1) is 0 Å². The molecule has 1 fully saturated rings. The molecule has 4 atom stereocenters. The number of primary amides is 1. The maximum atomic E-state index is 14.5. The fourth-order valence-electron chi connectivity index (χ4n) is 3.29. The van der Waals surface area contributed by atoms with E-state index in [2.05, 4.69) is 9.97 Å². The van der Waals surface area contributed by atoms with Gasteiger partial charge in [0.25, 0.3) is 0 Å². The highest BCUT2D eigenvalue weighted by molar-refractivity contribution is 7.17. The van der Waals surface area contributed by atoms with Crippen LogP contribution in [0.3, 0.4) is 0 Å². The lowest BCUT2D eigenvalue weighted by atomic mass is 10.0. The molecule has 1 amide bonds. The first kappa shape index (κ1) is 17.9. The summed E-state index contributed by atoms with van der Waals surface area (Å²) in [5.41, 5.74) is 7.80. The summed E-state index contributed by atoms with van der Waals surface area (Å²) in [6, 6.07) is 6.82. The molecule has 1 saturated heterocycles. The van der Waals surface area contributed by atoms with Gasteiger partial charge in [-0.3, -0.25) is 4.79 Å². The summed E-state index contributed by atoms with van der Waals surface area (Å²) in [4.78, 5) is 20.3. The molecule has 4 rings (SSSR count). The molecular formula is C18H16FN3O4S. The van der Waals surface area contributed by atoms with Gasteiger partial charge in [-0.2, -0.15) is 0 Å². The van der Waals surface area contributed by atoms with Gasteiger partial charge in [-0.25, -0.2) is 14.4 Å². The van der Waals surface area contributed by atoms with E-state index in [1.807, 2.05) is 0 Å². The van der Waals surface area contributed by atoms with E-state index in [4.69, 9.17) is 10.5 Å². The average Bonchev–Trinajstić information content (AvgIpc) is 3.23. The van der Waals surface area contributed by atoms with E-state index in [9.17, 15) is 19.4 Å². The molecule has 0 unspecified atom stereocenters. The van der Waals surface area contributed by atoms with Crippen molar-refractivity contribution < 1.29 is 24.1 Å². The summed E-state index contributed by atoms with van der Waals surface area (Å²) in [5.74, 6) is -0.578. The Bertz CT molecular complexity index is 1010. The Balaban J connectivity index is 1.84. The summed E-state index contributed by atoms with van der Waals surface area (Å²) in [6.45, 7) is -0.480. The normalized spacial score (nSPS) is 25.1. The number of aromatic nitrogens is 2. The van der Waals surface area contributed by atoms with Gasteiger partial charge in [0.1, 0.15) is 24.6 Å². The van der Waals surface area contributed by atoms with E-state index in [-0.39, 0.29) is 0 Å². The number of aliphatic hydroxyl groups is 2. The Morgan fingerprint density at radius 3 is 2.81 bits per heavy atom. The average molecular weight is 389 g/mol. The molecule has 1 aliphatic heterocycles. The Morgan fingerprint density at radius 1 is 1.33 bits per heavy atom. The summed E-state index contributed by atoms with van der Waals surface area (Å²) in [6.07, 6.45) is -3.80. The summed E-state index contributed by atoms with van der Waals surface area (Å²) >= 11 is 1.29. The standard InChI is InChI=1S/C18H16FN3O4S/c19-12-15(24)11(5-23)26-16(12)10-6-27-17-13(21-7-22-14(10)17)8-3-1-2-4-9(8)18(20)25/h1-4,6-7,11-12,15-16,23-24H,5H2,(H2,20,25)/t11-,12-,15-,16+/m1/s1. The second-order valence-corrected chi connectivity index (χ2v) is 7.09. The molecule has 3 heterocycles. The number of ether oxygens (including phenoxy) is 1. The molecule has 1 aromatic carbocycles. The van der Waals surface area contributed by atoms with Gasteiger partial charge in [-0.1, -0.05) is 18.2 Å². The topological polar surface area (TPSA) is 119 Å². The van der Waals surface area contributed by atoms with Crippen LogP contribution in [0.15, 0.2) is 36.0 Å². The third-order valence-electron chi connectivity index (χ3n) is 4.63. The largest absolute Gasteiger partial charge is 0.394 e. The number of hydrogen-bond acceptors (Lipinski definition) is 7. The second kappa shape index (κ2) is 6.93. The fraction of sp³-hybridized carbons (Fsp3) is 0.278. The van der Waals surface area contributed by atoms with E-state index >= 15 is 0 Å². The molecule has 0 bridgehead atoms. The number of nitrogens with two attached hydrogens (primary N) is 1. The van der Waals surface area contributed by atoms with Crippen LogP contribution >= 0.6 is 11.3 Å². The highest BCUT2D eigenvalue weighted by Crippen LogP contribution is 2.42. The van der Waals surface area contributed by atoms with Gasteiger partial charge < -0.3 is 20.7 Å². The lowest BCUT2D eigenvalue weighted by molar-refractivity contribution is -0.0222. The first-order valence-electron chi connectivity index (χ1n) is 8.22. The zero-order valence-corrected chi connectivity index (χ0v) is 14.8. The van der Waals surface area contributed by atoms with Gasteiger partial charge in [0.15, 0.2) is 6.17 Å². The quantitative estimate of drug-likeness (QED) is 0.624. The first-order chi connectivity index (χ1) is 13.0. The number of alkyl halides is 1. The van der Waals surface area contributed by atoms with E-state index < -0.39 is 37.0 Å². The van der Waals surface area contributed by atoms with Crippen molar-refractivity contribution in [1.29, 1.82) is 0 Å². The van der Waals surface area contributed by atoms with E-state index in [0.29, 0.717) is 32.6 Å². The molecule has 0 spiro atoms. The predicted octanol–water partition coefficient (Wildman–Crippen LogP) is 1.59. The van der Waals surface area contributed by atoms with Crippen LogP contribution in [0.2, 0.25) is 0 Å². The Labute approximate surface area is 157 Å². The minimum Gasteiger partial charge on any atom is -0.394 e. The van der Waals surface area contributed by atoms with Crippen molar-refractivity contribution in [3.8, 4) is 11.3 Å². The van der Waals surface area contributed by atoms with Crippen molar-refractivity contribution in [3.63, 3.8) is 0 Å². The lowest BCUT2D eigenvalue weighted by Gasteiger charge is -2.12. The molecule has 2 aromatic heterocycles. The number of hydrogen-bond donors (Lipinski definition) is 3. The SMILES string of the molecule is NC(=O)c1ccccc1-c1ncnc2c([C@@H]3O[C@H](CO)[C@@H](O)[C@H]3F)csc12. The van der Waals surface area contributed by atoms with Crippen LogP contribution in [-0.4, -0.2) is 51.1 Å². The third-order valence-corrected chi connectivity index (χ3v) is 5.63. The molecule has 27 heavy (non-hydrogen) atoms. The second-order valence-electron chi connectivity index (χ2n) is 6.21. The van der Waals surface area contributed by atoms with Gasteiger partial charge >= 0.3 is 0 Å². The van der Waals surface area contributed by atoms with Crippen LogP contribution in [0.25, 0.3) is 21.5 Å². The highest BCUT2D eigenvalue weighted by Gasteiger charge is 2.45.